The number of imidazole rings is 1. The molecule has 3 rings (SSSR count). The van der Waals surface area contributed by atoms with Crippen molar-refractivity contribution >= 4 is 34.2 Å². The first-order chi connectivity index (χ1) is 10.1. The molecule has 1 aromatic carbocycles. The molecule has 1 unspecified atom stereocenters. The van der Waals surface area contributed by atoms with Crippen LogP contribution in [0.1, 0.15) is 30.4 Å². The summed E-state index contributed by atoms with van der Waals surface area (Å²) in [5.74, 6) is 2.83. The minimum atomic E-state index is -0.0691. The van der Waals surface area contributed by atoms with Crippen molar-refractivity contribution in [2.24, 2.45) is 0 Å². The van der Waals surface area contributed by atoms with Crippen molar-refractivity contribution in [2.45, 2.75) is 26.3 Å². The fourth-order valence-corrected chi connectivity index (χ4v) is 2.88. The van der Waals surface area contributed by atoms with E-state index < -0.39 is 0 Å². The van der Waals surface area contributed by atoms with Gasteiger partial charge in [0.1, 0.15) is 23.1 Å². The number of aryl methyl sites for hydroxylation is 2. The van der Waals surface area contributed by atoms with E-state index in [0.717, 1.165) is 22.6 Å². The van der Waals surface area contributed by atoms with Crippen LogP contribution >= 0.6 is 23.2 Å². The number of fused-ring (bicyclic) bond motifs is 1. The Morgan fingerprint density at radius 3 is 2.86 bits per heavy atom. The largest absolute Gasteiger partial charge is 0.444 e. The lowest BCUT2D eigenvalue weighted by atomic mass is 10.2. The molecule has 110 valence electrons. The summed E-state index contributed by atoms with van der Waals surface area (Å²) in [6, 6.07) is 5.69. The van der Waals surface area contributed by atoms with E-state index in [1.54, 1.807) is 6.20 Å². The molecule has 0 amide bonds. The van der Waals surface area contributed by atoms with Crippen LogP contribution < -0.4 is 0 Å². The van der Waals surface area contributed by atoms with E-state index in [4.69, 9.17) is 27.6 Å². The highest BCUT2D eigenvalue weighted by Gasteiger charge is 2.21. The number of nitrogens with zero attached hydrogens (tertiary/aromatic N) is 3. The van der Waals surface area contributed by atoms with Gasteiger partial charge in [0.2, 0.25) is 5.89 Å². The number of hydrogen-bond acceptors (Lipinski definition) is 3. The van der Waals surface area contributed by atoms with Crippen LogP contribution in [0.25, 0.3) is 11.0 Å². The first kappa shape index (κ1) is 14.4. The van der Waals surface area contributed by atoms with Gasteiger partial charge >= 0.3 is 0 Å². The first-order valence-corrected chi connectivity index (χ1v) is 7.66. The third-order valence-corrected chi connectivity index (χ3v) is 3.94. The van der Waals surface area contributed by atoms with E-state index in [2.05, 4.69) is 14.5 Å². The van der Waals surface area contributed by atoms with Crippen LogP contribution in [0.3, 0.4) is 0 Å². The molecule has 0 N–H and O–H groups in total. The summed E-state index contributed by atoms with van der Waals surface area (Å²) in [5, 5.41) is 0.637. The molecule has 0 aliphatic rings. The average Bonchev–Trinajstić information content (AvgIpc) is 3.03. The van der Waals surface area contributed by atoms with Crippen molar-refractivity contribution < 1.29 is 4.42 Å². The monoisotopic (exact) mass is 323 g/mol. The third-order valence-electron chi connectivity index (χ3n) is 3.45. The number of halogens is 2. The Balaban J connectivity index is 2.19. The zero-order valence-electron chi connectivity index (χ0n) is 11.8. The maximum absolute atomic E-state index is 6.25. The van der Waals surface area contributed by atoms with Crippen LogP contribution in [-0.2, 0) is 6.42 Å². The van der Waals surface area contributed by atoms with Crippen molar-refractivity contribution in [3.05, 3.63) is 46.9 Å². The van der Waals surface area contributed by atoms with Crippen molar-refractivity contribution in [1.82, 2.24) is 14.5 Å². The van der Waals surface area contributed by atoms with Crippen LogP contribution in [-0.4, -0.2) is 20.4 Å². The van der Waals surface area contributed by atoms with E-state index >= 15 is 0 Å². The highest BCUT2D eigenvalue weighted by molar-refractivity contribution is 6.34. The smallest absolute Gasteiger partial charge is 0.217 e. The number of alkyl halides is 1. The second-order valence-corrected chi connectivity index (χ2v) is 5.71. The Labute approximate surface area is 132 Å². The fourth-order valence-electron chi connectivity index (χ4n) is 2.50. The second-order valence-electron chi connectivity index (χ2n) is 4.93. The van der Waals surface area contributed by atoms with Crippen LogP contribution in [0.5, 0.6) is 0 Å². The summed E-state index contributed by atoms with van der Waals surface area (Å²) < 4.78 is 7.75. The molecule has 21 heavy (non-hydrogen) atoms. The number of hydrogen-bond donors (Lipinski definition) is 0. The molecule has 0 saturated carbocycles. The lowest BCUT2D eigenvalue weighted by Gasteiger charge is -2.14. The zero-order valence-corrected chi connectivity index (χ0v) is 13.3. The number of benzene rings is 1. The van der Waals surface area contributed by atoms with Gasteiger partial charge in [0.15, 0.2) is 0 Å². The van der Waals surface area contributed by atoms with Crippen molar-refractivity contribution in [3.63, 3.8) is 0 Å². The molecule has 4 nitrogen and oxygen atoms in total. The highest BCUT2D eigenvalue weighted by atomic mass is 35.5. The molecule has 0 saturated heterocycles. The van der Waals surface area contributed by atoms with Crippen molar-refractivity contribution in [3.8, 4) is 0 Å². The topological polar surface area (TPSA) is 43.9 Å². The normalized spacial score (nSPS) is 13.0. The molecule has 0 fully saturated rings. The van der Waals surface area contributed by atoms with E-state index in [0.29, 0.717) is 23.2 Å². The Hall–Kier alpha value is -1.52. The van der Waals surface area contributed by atoms with Gasteiger partial charge in [0, 0.05) is 12.3 Å². The maximum Gasteiger partial charge on any atom is 0.217 e. The number of oxazole rings is 1. The predicted octanol–water partition coefficient (Wildman–Crippen LogP) is 4.38. The quantitative estimate of drug-likeness (QED) is 0.669. The van der Waals surface area contributed by atoms with Gasteiger partial charge in [-0.2, -0.15) is 0 Å². The van der Waals surface area contributed by atoms with Gasteiger partial charge in [-0.3, -0.25) is 0 Å². The summed E-state index contributed by atoms with van der Waals surface area (Å²) >= 11 is 12.2. The summed E-state index contributed by atoms with van der Waals surface area (Å²) in [7, 11) is 0. The molecular formula is C15H15Cl2N3O. The van der Waals surface area contributed by atoms with Gasteiger partial charge in [0.05, 0.1) is 16.7 Å². The summed E-state index contributed by atoms with van der Waals surface area (Å²) in [6.07, 6.45) is 2.38. The summed E-state index contributed by atoms with van der Waals surface area (Å²) in [5.41, 5.74) is 1.75. The van der Waals surface area contributed by atoms with E-state index in [9.17, 15) is 0 Å². The van der Waals surface area contributed by atoms with Crippen LogP contribution in [0.4, 0.5) is 0 Å². The first-order valence-electron chi connectivity index (χ1n) is 6.75. The molecule has 6 heteroatoms. The Kier molecular flexibility index (Phi) is 3.91. The van der Waals surface area contributed by atoms with Crippen LogP contribution in [0, 0.1) is 6.92 Å². The lowest BCUT2D eigenvalue weighted by Crippen LogP contribution is -2.11. The van der Waals surface area contributed by atoms with Gasteiger partial charge in [-0.1, -0.05) is 17.7 Å². The standard InChI is InChI=1S/C15H15Cl2N3O/c1-9-8-18-15(21-9)10(2)20-12-5-3-4-11(17)14(12)19-13(20)6-7-16/h3-5,8,10H,6-7H2,1-2H3. The Morgan fingerprint density at radius 2 is 2.19 bits per heavy atom. The van der Waals surface area contributed by atoms with Gasteiger partial charge < -0.3 is 8.98 Å². The molecule has 0 spiro atoms. The van der Waals surface area contributed by atoms with E-state index in [1.807, 2.05) is 32.0 Å². The van der Waals surface area contributed by atoms with Gasteiger partial charge in [-0.05, 0) is 26.0 Å². The fraction of sp³-hybridized carbons (Fsp3) is 0.333. The molecule has 0 bridgehead atoms. The lowest BCUT2D eigenvalue weighted by molar-refractivity contribution is 0.414. The highest BCUT2D eigenvalue weighted by Crippen LogP contribution is 2.29. The third kappa shape index (κ3) is 2.54. The molecule has 0 aliphatic heterocycles. The van der Waals surface area contributed by atoms with E-state index in [-0.39, 0.29) is 6.04 Å². The van der Waals surface area contributed by atoms with Crippen LogP contribution in [0.15, 0.2) is 28.8 Å². The van der Waals surface area contributed by atoms with Gasteiger partial charge in [-0.25, -0.2) is 9.97 Å². The number of rotatable bonds is 4. The minimum absolute atomic E-state index is 0.0691. The van der Waals surface area contributed by atoms with Crippen LogP contribution in [0.2, 0.25) is 5.02 Å². The number of para-hydroxylation sites is 1. The number of aromatic nitrogens is 3. The molecule has 1 atom stereocenters. The zero-order chi connectivity index (χ0) is 15.0. The summed E-state index contributed by atoms with van der Waals surface area (Å²) in [6.45, 7) is 3.91. The Morgan fingerprint density at radius 1 is 1.38 bits per heavy atom. The summed E-state index contributed by atoms with van der Waals surface area (Å²) in [4.78, 5) is 8.95. The van der Waals surface area contributed by atoms with Gasteiger partial charge in [0.25, 0.3) is 0 Å². The molecule has 0 radical (unpaired) electrons. The predicted molar refractivity (Wildman–Crippen MR) is 84.2 cm³/mol. The minimum Gasteiger partial charge on any atom is -0.444 e. The maximum atomic E-state index is 6.25. The molecule has 2 heterocycles. The van der Waals surface area contributed by atoms with E-state index in [1.165, 1.54) is 0 Å². The van der Waals surface area contributed by atoms with Crippen molar-refractivity contribution in [1.29, 1.82) is 0 Å². The average molecular weight is 324 g/mol. The molecule has 2 aromatic heterocycles. The SMILES string of the molecule is Cc1cnc(C(C)n2c(CCCl)nc3c(Cl)cccc32)o1. The molecule has 0 aliphatic carbocycles. The molecular weight excluding hydrogens is 309 g/mol. The van der Waals surface area contributed by atoms with Gasteiger partial charge in [-0.15, -0.1) is 11.6 Å². The Bertz CT molecular complexity index is 778. The molecule has 3 aromatic rings. The second kappa shape index (κ2) is 5.70. The van der Waals surface area contributed by atoms with Crippen molar-refractivity contribution in [2.75, 3.05) is 5.88 Å².